The zero-order valence-corrected chi connectivity index (χ0v) is 14.7. The quantitative estimate of drug-likeness (QED) is 0.577. The van der Waals surface area contributed by atoms with Gasteiger partial charge in [0.2, 0.25) is 0 Å². The maximum Gasteiger partial charge on any atom is -0.00604 e. The van der Waals surface area contributed by atoms with Gasteiger partial charge in [0.15, 0.2) is 0 Å². The minimum absolute atomic E-state index is 0.176. The van der Waals surface area contributed by atoms with Gasteiger partial charge in [0.1, 0.15) is 0 Å². The summed E-state index contributed by atoms with van der Waals surface area (Å²) in [6.45, 7) is 9.35. The van der Waals surface area contributed by atoms with Crippen molar-refractivity contribution in [3.63, 3.8) is 0 Å². The third kappa shape index (κ3) is 4.00. The molecule has 2 aromatic rings. The summed E-state index contributed by atoms with van der Waals surface area (Å²) in [7, 11) is 0. The van der Waals surface area contributed by atoms with Crippen LogP contribution in [0, 0.1) is 0 Å². The van der Waals surface area contributed by atoms with Gasteiger partial charge in [-0.1, -0.05) is 89.1 Å². The van der Waals surface area contributed by atoms with Crippen LogP contribution in [0.15, 0.2) is 48.5 Å². The molecule has 0 aliphatic rings. The van der Waals surface area contributed by atoms with E-state index in [1.807, 2.05) is 0 Å². The molecular formula is C22H30. The first-order valence-corrected chi connectivity index (χ1v) is 8.73. The topological polar surface area (TPSA) is 0 Å². The van der Waals surface area contributed by atoms with E-state index < -0.39 is 0 Å². The average molecular weight is 294 g/mol. The third-order valence-corrected chi connectivity index (χ3v) is 4.51. The fraction of sp³-hybridized carbons (Fsp3) is 0.455. The van der Waals surface area contributed by atoms with Crippen LogP contribution in [0.5, 0.6) is 0 Å². The first-order valence-electron chi connectivity index (χ1n) is 8.73. The normalized spacial score (nSPS) is 11.6. The van der Waals surface area contributed by atoms with Crippen LogP contribution in [-0.4, -0.2) is 0 Å². The number of hydrogen-bond acceptors (Lipinski definition) is 0. The monoisotopic (exact) mass is 294 g/mol. The molecule has 0 atom stereocenters. The molecule has 0 heteroatoms. The van der Waals surface area contributed by atoms with Crippen molar-refractivity contribution in [2.75, 3.05) is 0 Å². The lowest BCUT2D eigenvalue weighted by Gasteiger charge is -2.29. The van der Waals surface area contributed by atoms with Crippen molar-refractivity contribution in [2.45, 2.75) is 65.2 Å². The van der Waals surface area contributed by atoms with Crippen molar-refractivity contribution in [3.8, 4) is 0 Å². The molecule has 2 rings (SSSR count). The lowest BCUT2D eigenvalue weighted by Crippen LogP contribution is -2.23. The summed E-state index contributed by atoms with van der Waals surface area (Å²) in [6.07, 6.45) is 5.93. The van der Waals surface area contributed by atoms with Gasteiger partial charge in [-0.3, -0.25) is 0 Å². The van der Waals surface area contributed by atoms with Gasteiger partial charge in [-0.25, -0.2) is 0 Å². The Morgan fingerprint density at radius 1 is 0.773 bits per heavy atom. The molecule has 0 saturated carbocycles. The predicted octanol–water partition coefficient (Wildman–Crippen LogP) is 6.11. The van der Waals surface area contributed by atoms with Gasteiger partial charge in [-0.05, 0) is 46.9 Å². The van der Waals surface area contributed by atoms with Crippen LogP contribution >= 0.6 is 0 Å². The SMILES string of the molecule is CCCc1cccc(C(C)(C)Cc2ccccc2)c1CCC. The Bertz CT molecular complexity index is 578. The minimum Gasteiger partial charge on any atom is -0.0651 e. The van der Waals surface area contributed by atoms with E-state index in [1.54, 1.807) is 16.7 Å². The third-order valence-electron chi connectivity index (χ3n) is 4.51. The van der Waals surface area contributed by atoms with E-state index in [9.17, 15) is 0 Å². The molecule has 0 fully saturated rings. The highest BCUT2D eigenvalue weighted by molar-refractivity contribution is 5.41. The summed E-state index contributed by atoms with van der Waals surface area (Å²) in [4.78, 5) is 0. The first kappa shape index (κ1) is 16.8. The van der Waals surface area contributed by atoms with Crippen LogP contribution in [0.1, 0.15) is 62.8 Å². The Morgan fingerprint density at radius 3 is 2.09 bits per heavy atom. The minimum atomic E-state index is 0.176. The Labute approximate surface area is 136 Å². The summed E-state index contributed by atoms with van der Waals surface area (Å²) in [5, 5.41) is 0. The largest absolute Gasteiger partial charge is 0.0651 e. The van der Waals surface area contributed by atoms with Crippen molar-refractivity contribution in [3.05, 3.63) is 70.8 Å². The Balaban J connectivity index is 2.38. The van der Waals surface area contributed by atoms with Crippen molar-refractivity contribution in [1.29, 1.82) is 0 Å². The molecule has 2 aromatic carbocycles. The summed E-state index contributed by atoms with van der Waals surface area (Å²) in [5.41, 5.74) is 6.31. The molecule has 0 bridgehead atoms. The smallest absolute Gasteiger partial charge is 0.00604 e. The maximum absolute atomic E-state index is 2.39. The van der Waals surface area contributed by atoms with E-state index in [0.29, 0.717) is 0 Å². The molecule has 0 unspecified atom stereocenters. The molecule has 22 heavy (non-hydrogen) atoms. The van der Waals surface area contributed by atoms with E-state index in [1.165, 1.54) is 31.2 Å². The fourth-order valence-corrected chi connectivity index (χ4v) is 3.52. The molecule has 0 aromatic heterocycles. The number of benzene rings is 2. The van der Waals surface area contributed by atoms with Gasteiger partial charge >= 0.3 is 0 Å². The van der Waals surface area contributed by atoms with Crippen LogP contribution in [0.25, 0.3) is 0 Å². The second kappa shape index (κ2) is 7.63. The predicted molar refractivity (Wildman–Crippen MR) is 97.6 cm³/mol. The van der Waals surface area contributed by atoms with Crippen molar-refractivity contribution < 1.29 is 0 Å². The zero-order chi connectivity index (χ0) is 16.0. The van der Waals surface area contributed by atoms with E-state index in [4.69, 9.17) is 0 Å². The zero-order valence-electron chi connectivity index (χ0n) is 14.7. The molecule has 0 N–H and O–H groups in total. The molecule has 0 saturated heterocycles. The van der Waals surface area contributed by atoms with Crippen LogP contribution in [-0.2, 0) is 24.7 Å². The molecule has 0 aliphatic carbocycles. The van der Waals surface area contributed by atoms with Gasteiger partial charge in [-0.2, -0.15) is 0 Å². The number of rotatable bonds is 7. The van der Waals surface area contributed by atoms with E-state index in [2.05, 4.69) is 76.2 Å². The fourth-order valence-electron chi connectivity index (χ4n) is 3.52. The Morgan fingerprint density at radius 2 is 1.45 bits per heavy atom. The van der Waals surface area contributed by atoms with Crippen LogP contribution in [0.4, 0.5) is 0 Å². The van der Waals surface area contributed by atoms with Gasteiger partial charge < -0.3 is 0 Å². The van der Waals surface area contributed by atoms with Crippen molar-refractivity contribution >= 4 is 0 Å². The highest BCUT2D eigenvalue weighted by Gasteiger charge is 2.24. The molecule has 0 spiro atoms. The summed E-state index contributed by atoms with van der Waals surface area (Å²) in [5.74, 6) is 0. The van der Waals surface area contributed by atoms with Gasteiger partial charge in [-0.15, -0.1) is 0 Å². The van der Waals surface area contributed by atoms with Crippen LogP contribution in [0.2, 0.25) is 0 Å². The standard InChI is InChI=1S/C22H30/c1-5-11-19-15-10-16-21(20(19)12-6-2)22(3,4)17-18-13-8-7-9-14-18/h7-10,13-16H,5-6,11-12,17H2,1-4H3. The van der Waals surface area contributed by atoms with E-state index in [-0.39, 0.29) is 5.41 Å². The van der Waals surface area contributed by atoms with Gasteiger partial charge in [0, 0.05) is 0 Å². The lowest BCUT2D eigenvalue weighted by molar-refractivity contribution is 0.515. The number of hydrogen-bond donors (Lipinski definition) is 0. The highest BCUT2D eigenvalue weighted by Crippen LogP contribution is 2.33. The van der Waals surface area contributed by atoms with E-state index >= 15 is 0 Å². The second-order valence-electron chi connectivity index (χ2n) is 6.99. The van der Waals surface area contributed by atoms with Gasteiger partial charge in [0.05, 0.1) is 0 Å². The maximum atomic E-state index is 2.39. The molecule has 0 radical (unpaired) electrons. The van der Waals surface area contributed by atoms with Gasteiger partial charge in [0.25, 0.3) is 0 Å². The number of aryl methyl sites for hydroxylation is 1. The lowest BCUT2D eigenvalue weighted by atomic mass is 9.75. The summed E-state index contributed by atoms with van der Waals surface area (Å²) >= 11 is 0. The summed E-state index contributed by atoms with van der Waals surface area (Å²) < 4.78 is 0. The second-order valence-corrected chi connectivity index (χ2v) is 6.99. The molecule has 0 aliphatic heterocycles. The summed E-state index contributed by atoms with van der Waals surface area (Å²) in [6, 6.07) is 17.8. The van der Waals surface area contributed by atoms with E-state index in [0.717, 1.165) is 6.42 Å². The molecule has 0 amide bonds. The Hall–Kier alpha value is -1.56. The molecule has 118 valence electrons. The highest BCUT2D eigenvalue weighted by atomic mass is 14.3. The molecular weight excluding hydrogens is 264 g/mol. The van der Waals surface area contributed by atoms with Crippen LogP contribution in [0.3, 0.4) is 0 Å². The average Bonchev–Trinajstić information content (AvgIpc) is 2.50. The van der Waals surface area contributed by atoms with Crippen LogP contribution < -0.4 is 0 Å². The first-order chi connectivity index (χ1) is 10.6. The Kier molecular flexibility index (Phi) is 5.83. The van der Waals surface area contributed by atoms with Crippen molar-refractivity contribution in [1.82, 2.24) is 0 Å². The molecule has 0 nitrogen and oxygen atoms in total. The molecule has 0 heterocycles. The van der Waals surface area contributed by atoms with Crippen molar-refractivity contribution in [2.24, 2.45) is 0 Å².